The molecule has 0 aliphatic heterocycles. The van der Waals surface area contributed by atoms with Crippen LogP contribution in [-0.2, 0) is 0 Å². The first-order valence-corrected chi connectivity index (χ1v) is 9.27. The predicted molar refractivity (Wildman–Crippen MR) is 114 cm³/mol. The van der Waals surface area contributed by atoms with Crippen molar-refractivity contribution in [1.82, 2.24) is 0 Å². The van der Waals surface area contributed by atoms with Crippen molar-refractivity contribution in [1.29, 1.82) is 0 Å². The van der Waals surface area contributed by atoms with Gasteiger partial charge in [0.05, 0.1) is 0 Å². The van der Waals surface area contributed by atoms with E-state index in [-0.39, 0.29) is 11.5 Å². The summed E-state index contributed by atoms with van der Waals surface area (Å²) in [5, 5.41) is 19.5. The van der Waals surface area contributed by atoms with E-state index < -0.39 is 6.16 Å². The highest BCUT2D eigenvalue weighted by atomic mass is 16.7. The fraction of sp³-hybridized carbons (Fsp3) is 0. The summed E-state index contributed by atoms with van der Waals surface area (Å²) in [6.07, 6.45) is -0.893. The molecule has 0 aliphatic carbocycles. The number of para-hydroxylation sites is 2. The third-order valence-electron chi connectivity index (χ3n) is 4.48. The van der Waals surface area contributed by atoms with E-state index in [1.165, 1.54) is 0 Å². The van der Waals surface area contributed by atoms with E-state index in [0.29, 0.717) is 33.8 Å². The van der Waals surface area contributed by atoms with E-state index in [0.717, 1.165) is 0 Å². The lowest BCUT2D eigenvalue weighted by molar-refractivity contribution is 0.152. The number of aromatic hydroxyl groups is 2. The van der Waals surface area contributed by atoms with E-state index in [9.17, 15) is 15.0 Å². The Morgan fingerprint density at radius 2 is 1.00 bits per heavy atom. The van der Waals surface area contributed by atoms with Crippen LogP contribution in [0.25, 0.3) is 22.3 Å². The monoisotopic (exact) mass is 398 g/mol. The first-order chi connectivity index (χ1) is 14.6. The Morgan fingerprint density at radius 1 is 0.567 bits per heavy atom. The third kappa shape index (κ3) is 4.25. The van der Waals surface area contributed by atoms with E-state index in [1.807, 2.05) is 24.3 Å². The first kappa shape index (κ1) is 19.1. The van der Waals surface area contributed by atoms with Crippen molar-refractivity contribution in [2.24, 2.45) is 0 Å². The number of rotatable bonds is 4. The summed E-state index contributed by atoms with van der Waals surface area (Å²) in [6, 6.07) is 27.4. The van der Waals surface area contributed by atoms with Gasteiger partial charge in [-0.2, -0.15) is 0 Å². The molecule has 0 aromatic heterocycles. The van der Waals surface area contributed by atoms with Gasteiger partial charge in [0.15, 0.2) is 0 Å². The Balaban J connectivity index is 1.59. The lowest BCUT2D eigenvalue weighted by Crippen LogP contribution is -2.14. The standard InChI is InChI=1S/C25H18O5/c26-19-9-5-7-17(15-19)21-11-1-3-13-23(21)29-25(28)30-24-14-4-2-12-22(24)18-8-6-10-20(27)16-18/h1-16,26-27H. The minimum atomic E-state index is -0.893. The summed E-state index contributed by atoms with van der Waals surface area (Å²) in [7, 11) is 0. The van der Waals surface area contributed by atoms with Gasteiger partial charge in [-0.25, -0.2) is 4.79 Å². The molecule has 0 saturated heterocycles. The van der Waals surface area contributed by atoms with Crippen LogP contribution >= 0.6 is 0 Å². The Labute approximate surface area is 173 Å². The molecule has 0 unspecified atom stereocenters. The summed E-state index contributed by atoms with van der Waals surface area (Å²) in [5.41, 5.74) is 2.70. The number of carbonyl (C=O) groups is 1. The molecule has 30 heavy (non-hydrogen) atoms. The van der Waals surface area contributed by atoms with Gasteiger partial charge in [0.1, 0.15) is 23.0 Å². The van der Waals surface area contributed by atoms with Crippen molar-refractivity contribution in [3.63, 3.8) is 0 Å². The molecule has 0 spiro atoms. The van der Waals surface area contributed by atoms with Crippen molar-refractivity contribution < 1.29 is 24.5 Å². The van der Waals surface area contributed by atoms with E-state index in [2.05, 4.69) is 0 Å². The van der Waals surface area contributed by atoms with Crippen molar-refractivity contribution in [3.05, 3.63) is 97.1 Å². The second-order valence-electron chi connectivity index (χ2n) is 6.55. The van der Waals surface area contributed by atoms with Gasteiger partial charge in [-0.3, -0.25) is 0 Å². The zero-order valence-electron chi connectivity index (χ0n) is 15.9. The van der Waals surface area contributed by atoms with Crippen LogP contribution in [0.4, 0.5) is 4.79 Å². The molecule has 0 aliphatic rings. The molecule has 0 saturated carbocycles. The number of phenols is 2. The van der Waals surface area contributed by atoms with Gasteiger partial charge in [-0.15, -0.1) is 0 Å². The van der Waals surface area contributed by atoms with Crippen LogP contribution < -0.4 is 9.47 Å². The molecule has 2 N–H and O–H groups in total. The Morgan fingerprint density at radius 3 is 1.43 bits per heavy atom. The lowest BCUT2D eigenvalue weighted by atomic mass is 10.0. The molecule has 4 aromatic rings. The normalized spacial score (nSPS) is 10.4. The fourth-order valence-corrected chi connectivity index (χ4v) is 3.14. The van der Waals surface area contributed by atoms with Crippen LogP contribution in [0.15, 0.2) is 97.1 Å². The van der Waals surface area contributed by atoms with Gasteiger partial charge in [-0.05, 0) is 47.5 Å². The van der Waals surface area contributed by atoms with Gasteiger partial charge in [-0.1, -0.05) is 60.7 Å². The highest BCUT2D eigenvalue weighted by Gasteiger charge is 2.15. The Kier molecular flexibility index (Phi) is 5.35. The molecule has 0 amide bonds. The number of benzene rings is 4. The first-order valence-electron chi connectivity index (χ1n) is 9.27. The quantitative estimate of drug-likeness (QED) is 0.325. The minimum absolute atomic E-state index is 0.116. The number of ether oxygens (including phenoxy) is 2. The zero-order valence-corrected chi connectivity index (χ0v) is 15.9. The van der Waals surface area contributed by atoms with Crippen molar-refractivity contribution in [2.75, 3.05) is 0 Å². The predicted octanol–water partition coefficient (Wildman–Crippen LogP) is 6.01. The minimum Gasteiger partial charge on any atom is -0.508 e. The maximum absolute atomic E-state index is 12.5. The zero-order chi connectivity index (χ0) is 20.9. The second-order valence-corrected chi connectivity index (χ2v) is 6.55. The smallest absolute Gasteiger partial charge is 0.508 e. The Hall–Kier alpha value is -4.25. The summed E-state index contributed by atoms with van der Waals surface area (Å²) in [4.78, 5) is 12.5. The molecule has 0 atom stereocenters. The van der Waals surface area contributed by atoms with Crippen LogP contribution in [0, 0.1) is 0 Å². The van der Waals surface area contributed by atoms with Crippen molar-refractivity contribution >= 4 is 6.16 Å². The second kappa shape index (κ2) is 8.41. The van der Waals surface area contributed by atoms with Gasteiger partial charge in [0, 0.05) is 11.1 Å². The highest BCUT2D eigenvalue weighted by molar-refractivity contribution is 5.79. The molecule has 5 heteroatoms. The number of hydrogen-bond donors (Lipinski definition) is 2. The Bertz CT molecular complexity index is 1110. The molecular weight excluding hydrogens is 380 g/mol. The van der Waals surface area contributed by atoms with Gasteiger partial charge >= 0.3 is 6.16 Å². The van der Waals surface area contributed by atoms with E-state index >= 15 is 0 Å². The van der Waals surface area contributed by atoms with Crippen LogP contribution in [0.1, 0.15) is 0 Å². The SMILES string of the molecule is O=C(Oc1ccccc1-c1cccc(O)c1)Oc1ccccc1-c1cccc(O)c1. The van der Waals surface area contributed by atoms with Crippen LogP contribution in [0.5, 0.6) is 23.0 Å². The van der Waals surface area contributed by atoms with Gasteiger partial charge < -0.3 is 19.7 Å². The molecule has 0 fully saturated rings. The van der Waals surface area contributed by atoms with Gasteiger partial charge in [0.25, 0.3) is 0 Å². The molecule has 5 nitrogen and oxygen atoms in total. The van der Waals surface area contributed by atoms with Gasteiger partial charge in [0.2, 0.25) is 0 Å². The number of carbonyl (C=O) groups excluding carboxylic acids is 1. The third-order valence-corrected chi connectivity index (χ3v) is 4.48. The average molecular weight is 398 g/mol. The average Bonchev–Trinajstić information content (AvgIpc) is 2.74. The molecule has 148 valence electrons. The number of phenolic OH excluding ortho intramolecular Hbond substituents is 2. The summed E-state index contributed by atoms with van der Waals surface area (Å²) >= 11 is 0. The van der Waals surface area contributed by atoms with Crippen molar-refractivity contribution in [2.45, 2.75) is 0 Å². The maximum Gasteiger partial charge on any atom is 0.519 e. The molecule has 0 heterocycles. The topological polar surface area (TPSA) is 76.0 Å². The molecule has 4 aromatic carbocycles. The van der Waals surface area contributed by atoms with Crippen LogP contribution in [0.3, 0.4) is 0 Å². The lowest BCUT2D eigenvalue weighted by Gasteiger charge is -2.13. The summed E-state index contributed by atoms with van der Waals surface area (Å²) in [5.74, 6) is 0.848. The molecule has 0 radical (unpaired) electrons. The maximum atomic E-state index is 12.5. The van der Waals surface area contributed by atoms with Crippen LogP contribution in [0.2, 0.25) is 0 Å². The summed E-state index contributed by atoms with van der Waals surface area (Å²) in [6.45, 7) is 0. The van der Waals surface area contributed by atoms with Crippen LogP contribution in [-0.4, -0.2) is 16.4 Å². The molecular formula is C25H18O5. The van der Waals surface area contributed by atoms with E-state index in [4.69, 9.17) is 9.47 Å². The highest BCUT2D eigenvalue weighted by Crippen LogP contribution is 2.34. The largest absolute Gasteiger partial charge is 0.519 e. The van der Waals surface area contributed by atoms with E-state index in [1.54, 1.807) is 72.8 Å². The molecule has 4 rings (SSSR count). The van der Waals surface area contributed by atoms with Crippen molar-refractivity contribution in [3.8, 4) is 45.3 Å². The fourth-order valence-electron chi connectivity index (χ4n) is 3.14. The molecule has 0 bridgehead atoms. The number of hydrogen-bond acceptors (Lipinski definition) is 5. The summed E-state index contributed by atoms with van der Waals surface area (Å²) < 4.78 is 10.9.